The predicted octanol–water partition coefficient (Wildman–Crippen LogP) is 0.891. The summed E-state index contributed by atoms with van der Waals surface area (Å²) in [5, 5.41) is 3.99. The average Bonchev–Trinajstić information content (AvgIpc) is 2.76. The Morgan fingerprint density at radius 1 is 1.42 bits per heavy atom. The van der Waals surface area contributed by atoms with E-state index >= 15 is 0 Å². The zero-order valence-electron chi connectivity index (χ0n) is 11.0. The molecule has 1 amide bonds. The number of aryl methyl sites for hydroxylation is 1. The Morgan fingerprint density at radius 2 is 2.16 bits per heavy atom. The van der Waals surface area contributed by atoms with Crippen LogP contribution in [0, 0.1) is 0 Å². The van der Waals surface area contributed by atoms with Crippen LogP contribution in [-0.2, 0) is 7.05 Å². The number of nitrogens with two attached hydrogens (primary N) is 1. The van der Waals surface area contributed by atoms with Gasteiger partial charge in [0.2, 0.25) is 0 Å². The van der Waals surface area contributed by atoms with E-state index in [4.69, 9.17) is 10.5 Å². The van der Waals surface area contributed by atoms with E-state index in [1.165, 1.54) is 15.9 Å². The van der Waals surface area contributed by atoms with Crippen molar-refractivity contribution in [1.82, 2.24) is 19.7 Å². The smallest absolute Gasteiger partial charge is 0.341 e. The number of hydrogen-bond donors (Lipinski definition) is 1. The van der Waals surface area contributed by atoms with Crippen molar-refractivity contribution < 1.29 is 9.53 Å². The largest absolute Gasteiger partial charge is 0.421 e. The van der Waals surface area contributed by atoms with Crippen LogP contribution < -0.4 is 10.5 Å². The number of rotatable bonds is 3. The van der Waals surface area contributed by atoms with Crippen LogP contribution in [0.5, 0.6) is 11.8 Å². The van der Waals surface area contributed by atoms with Crippen LogP contribution in [0.2, 0.25) is 0 Å². The van der Waals surface area contributed by atoms with E-state index < -0.39 is 0 Å². The minimum Gasteiger partial charge on any atom is -0.421 e. The van der Waals surface area contributed by atoms with Gasteiger partial charge in [-0.2, -0.15) is 4.98 Å². The second-order valence-electron chi connectivity index (χ2n) is 4.26. The number of aromatic nitrogens is 3. The molecule has 2 N–H and O–H groups in total. The summed E-state index contributed by atoms with van der Waals surface area (Å²) in [6, 6.07) is 5.03. The maximum absolute atomic E-state index is 11.9. The third-order valence-corrected chi connectivity index (χ3v) is 2.45. The molecule has 0 atom stereocenters. The molecule has 0 bridgehead atoms. The summed E-state index contributed by atoms with van der Waals surface area (Å²) < 4.78 is 6.98. The molecule has 100 valence electrons. The molecule has 7 heteroatoms. The van der Waals surface area contributed by atoms with Crippen molar-refractivity contribution in [2.45, 2.75) is 0 Å². The molecule has 0 unspecified atom stereocenters. The summed E-state index contributed by atoms with van der Waals surface area (Å²) in [5.74, 6) is 0.234. The number of nitrogen functional groups attached to an aromatic ring is 1. The second-order valence-corrected chi connectivity index (χ2v) is 4.26. The minimum atomic E-state index is -0.126. The molecule has 7 nitrogen and oxygen atoms in total. The number of carbonyl (C=O) groups is 1. The average molecular weight is 261 g/mol. The Hall–Kier alpha value is -2.57. The molecule has 1 aromatic carbocycles. The summed E-state index contributed by atoms with van der Waals surface area (Å²) in [4.78, 5) is 17.3. The Bertz CT molecular complexity index is 606. The van der Waals surface area contributed by atoms with Crippen LogP contribution in [0.15, 0.2) is 24.5 Å². The topological polar surface area (TPSA) is 86.3 Å². The molecule has 2 aromatic rings. The van der Waals surface area contributed by atoms with Crippen molar-refractivity contribution in [2.24, 2.45) is 7.05 Å². The first-order valence-corrected chi connectivity index (χ1v) is 5.62. The summed E-state index contributed by atoms with van der Waals surface area (Å²) in [6.45, 7) is 0. The first kappa shape index (κ1) is 12.9. The number of hydrogen-bond acceptors (Lipinski definition) is 5. The van der Waals surface area contributed by atoms with Gasteiger partial charge in [-0.15, -0.1) is 5.10 Å². The van der Waals surface area contributed by atoms with Gasteiger partial charge >= 0.3 is 6.01 Å². The Balaban J connectivity index is 2.29. The molecule has 1 aromatic heterocycles. The fraction of sp³-hybridized carbons (Fsp3) is 0.250. The lowest BCUT2D eigenvalue weighted by atomic mass is 10.1. The van der Waals surface area contributed by atoms with Gasteiger partial charge in [0.25, 0.3) is 5.91 Å². The first-order chi connectivity index (χ1) is 8.97. The summed E-state index contributed by atoms with van der Waals surface area (Å²) in [7, 11) is 5.09. The van der Waals surface area contributed by atoms with Gasteiger partial charge in [0, 0.05) is 26.7 Å². The molecule has 0 saturated carbocycles. The third-order valence-electron chi connectivity index (χ3n) is 2.45. The van der Waals surface area contributed by atoms with Gasteiger partial charge in [-0.1, -0.05) is 0 Å². The lowest BCUT2D eigenvalue weighted by molar-refractivity contribution is 0.0827. The van der Waals surface area contributed by atoms with E-state index in [1.54, 1.807) is 39.3 Å². The number of carbonyl (C=O) groups excluding carboxylic acids is 1. The molecule has 0 aliphatic rings. The zero-order chi connectivity index (χ0) is 14.0. The summed E-state index contributed by atoms with van der Waals surface area (Å²) in [5.41, 5.74) is 6.72. The Kier molecular flexibility index (Phi) is 3.37. The summed E-state index contributed by atoms with van der Waals surface area (Å²) in [6.07, 6.45) is 1.51. The highest BCUT2D eigenvalue weighted by atomic mass is 16.5. The van der Waals surface area contributed by atoms with Crippen LogP contribution in [0.4, 0.5) is 5.69 Å². The van der Waals surface area contributed by atoms with Gasteiger partial charge in [-0.05, 0) is 18.2 Å². The lowest BCUT2D eigenvalue weighted by Crippen LogP contribution is -2.21. The summed E-state index contributed by atoms with van der Waals surface area (Å²) >= 11 is 0. The molecule has 0 aliphatic heterocycles. The molecule has 0 aliphatic carbocycles. The molecule has 2 rings (SSSR count). The Labute approximate surface area is 110 Å². The molecule has 0 spiro atoms. The molecule has 0 fully saturated rings. The van der Waals surface area contributed by atoms with E-state index in [-0.39, 0.29) is 11.9 Å². The van der Waals surface area contributed by atoms with Gasteiger partial charge in [0.1, 0.15) is 6.33 Å². The number of benzene rings is 1. The van der Waals surface area contributed by atoms with Gasteiger partial charge in [-0.3, -0.25) is 9.48 Å². The molecule has 0 saturated heterocycles. The van der Waals surface area contributed by atoms with E-state index in [2.05, 4.69) is 10.1 Å². The van der Waals surface area contributed by atoms with Crippen molar-refractivity contribution in [3.8, 4) is 11.8 Å². The molecule has 19 heavy (non-hydrogen) atoms. The lowest BCUT2D eigenvalue weighted by Gasteiger charge is -2.12. The van der Waals surface area contributed by atoms with Crippen molar-refractivity contribution in [1.29, 1.82) is 0 Å². The van der Waals surface area contributed by atoms with Crippen LogP contribution in [-0.4, -0.2) is 39.7 Å². The van der Waals surface area contributed by atoms with Crippen molar-refractivity contribution in [3.63, 3.8) is 0 Å². The fourth-order valence-corrected chi connectivity index (χ4v) is 1.48. The highest BCUT2D eigenvalue weighted by molar-refractivity contribution is 5.94. The molecular formula is C12H15N5O2. The van der Waals surface area contributed by atoms with Crippen molar-refractivity contribution >= 4 is 11.6 Å². The monoisotopic (exact) mass is 261 g/mol. The number of nitrogens with zero attached hydrogens (tertiary/aromatic N) is 4. The predicted molar refractivity (Wildman–Crippen MR) is 69.9 cm³/mol. The number of ether oxygens (including phenoxy) is 1. The van der Waals surface area contributed by atoms with Gasteiger partial charge in [-0.25, -0.2) is 0 Å². The van der Waals surface area contributed by atoms with Crippen molar-refractivity contribution in [3.05, 3.63) is 30.1 Å². The standard InChI is InChI=1S/C12H15N5O2/c1-16(2)11(18)8-4-5-9(13)10(6-8)19-12-14-7-17(3)15-12/h4-7H,13H2,1-3H3. The second kappa shape index (κ2) is 4.97. The number of amides is 1. The van der Waals surface area contributed by atoms with E-state index in [0.29, 0.717) is 17.0 Å². The van der Waals surface area contributed by atoms with Crippen molar-refractivity contribution in [2.75, 3.05) is 19.8 Å². The van der Waals surface area contributed by atoms with Gasteiger partial charge < -0.3 is 15.4 Å². The Morgan fingerprint density at radius 3 is 2.74 bits per heavy atom. The molecule has 1 heterocycles. The third kappa shape index (κ3) is 2.82. The van der Waals surface area contributed by atoms with Crippen LogP contribution in [0.3, 0.4) is 0 Å². The maximum Gasteiger partial charge on any atom is 0.341 e. The highest BCUT2D eigenvalue weighted by Gasteiger charge is 2.12. The SMILES string of the molecule is CN(C)C(=O)c1ccc(N)c(Oc2ncn(C)n2)c1. The van der Waals surface area contributed by atoms with E-state index in [1.807, 2.05) is 0 Å². The highest BCUT2D eigenvalue weighted by Crippen LogP contribution is 2.26. The fourth-order valence-electron chi connectivity index (χ4n) is 1.48. The van der Waals surface area contributed by atoms with Crippen LogP contribution in [0.25, 0.3) is 0 Å². The molecular weight excluding hydrogens is 246 g/mol. The molecule has 0 radical (unpaired) electrons. The number of anilines is 1. The van der Waals surface area contributed by atoms with E-state index in [9.17, 15) is 4.79 Å². The van der Waals surface area contributed by atoms with Gasteiger partial charge in [0.15, 0.2) is 5.75 Å². The van der Waals surface area contributed by atoms with Crippen LogP contribution in [0.1, 0.15) is 10.4 Å². The first-order valence-electron chi connectivity index (χ1n) is 5.62. The maximum atomic E-state index is 11.9. The normalized spacial score (nSPS) is 10.3. The van der Waals surface area contributed by atoms with Gasteiger partial charge in [0.05, 0.1) is 5.69 Å². The quantitative estimate of drug-likeness (QED) is 0.829. The van der Waals surface area contributed by atoms with Crippen LogP contribution >= 0.6 is 0 Å². The van der Waals surface area contributed by atoms with E-state index in [0.717, 1.165) is 0 Å². The zero-order valence-corrected chi connectivity index (χ0v) is 11.0. The minimum absolute atomic E-state index is 0.126.